The molecule has 2 bridgehead atoms. The summed E-state index contributed by atoms with van der Waals surface area (Å²) in [5.41, 5.74) is 3.10. The zero-order valence-corrected chi connectivity index (χ0v) is 21.2. The third-order valence-electron chi connectivity index (χ3n) is 6.98. The lowest BCUT2D eigenvalue weighted by Gasteiger charge is -2.34. The van der Waals surface area contributed by atoms with Gasteiger partial charge in [0.2, 0.25) is 0 Å². The van der Waals surface area contributed by atoms with Crippen LogP contribution in [0, 0.1) is 5.92 Å². The fourth-order valence-electron chi connectivity index (χ4n) is 5.26. The minimum atomic E-state index is 0.146. The van der Waals surface area contributed by atoms with E-state index in [2.05, 4.69) is 29.2 Å². The molecule has 7 heteroatoms. The summed E-state index contributed by atoms with van der Waals surface area (Å²) >= 11 is 6.24. The van der Waals surface area contributed by atoms with Crippen LogP contribution in [0.15, 0.2) is 48.5 Å². The molecule has 2 atom stereocenters. The molecule has 5 rings (SSSR count). The van der Waals surface area contributed by atoms with E-state index < -0.39 is 0 Å². The topological polar surface area (TPSA) is 60.2 Å². The molecule has 35 heavy (non-hydrogen) atoms. The number of hydrogen-bond donors (Lipinski definition) is 0. The summed E-state index contributed by atoms with van der Waals surface area (Å²) in [6, 6.07) is 17.2. The van der Waals surface area contributed by atoms with Gasteiger partial charge in [0.1, 0.15) is 6.54 Å². The van der Waals surface area contributed by atoms with Gasteiger partial charge in [-0.15, -0.1) is 5.10 Å². The number of carbonyl (C=O) groups excluding carboxylic acids is 1. The highest BCUT2D eigenvalue weighted by molar-refractivity contribution is 6.30. The van der Waals surface area contributed by atoms with E-state index in [9.17, 15) is 4.79 Å². The van der Waals surface area contributed by atoms with Crippen molar-refractivity contribution in [2.24, 2.45) is 5.92 Å². The lowest BCUT2D eigenvalue weighted by atomic mass is 10.1. The molecule has 2 unspecified atom stereocenters. The van der Waals surface area contributed by atoms with Crippen molar-refractivity contribution in [3.05, 3.63) is 59.1 Å². The van der Waals surface area contributed by atoms with Crippen molar-refractivity contribution in [3.63, 3.8) is 0 Å². The van der Waals surface area contributed by atoms with E-state index in [1.807, 2.05) is 38.1 Å². The van der Waals surface area contributed by atoms with Gasteiger partial charge >= 0.3 is 0 Å². The minimum Gasteiger partial charge on any atom is -0.378 e. The number of morpholine rings is 1. The quantitative estimate of drug-likeness (QED) is 0.406. The Kier molecular flexibility index (Phi) is 7.32. The second-order valence-electron chi connectivity index (χ2n) is 10.2. The van der Waals surface area contributed by atoms with Crippen LogP contribution in [0.25, 0.3) is 22.8 Å². The van der Waals surface area contributed by atoms with Crippen molar-refractivity contribution in [1.29, 1.82) is 0 Å². The van der Waals surface area contributed by atoms with Crippen LogP contribution in [-0.4, -0.2) is 57.3 Å². The van der Waals surface area contributed by atoms with Gasteiger partial charge in [-0.05, 0) is 42.9 Å². The van der Waals surface area contributed by atoms with Crippen LogP contribution in [0.3, 0.4) is 0 Å². The van der Waals surface area contributed by atoms with Gasteiger partial charge in [-0.2, -0.15) is 0 Å². The zero-order valence-electron chi connectivity index (χ0n) is 20.5. The molecule has 3 aromatic rings. The first-order chi connectivity index (χ1) is 17.0. The summed E-state index contributed by atoms with van der Waals surface area (Å²) in [6.45, 7) is 7.12. The van der Waals surface area contributed by atoms with E-state index in [1.165, 1.54) is 18.4 Å². The molecule has 2 aromatic carbocycles. The molecule has 0 N–H and O–H groups in total. The van der Waals surface area contributed by atoms with E-state index in [0.717, 1.165) is 37.3 Å². The van der Waals surface area contributed by atoms with Crippen LogP contribution >= 0.6 is 11.6 Å². The molecule has 6 nitrogen and oxygen atoms in total. The SMILES string of the molecule is CC(C)CC(=O)Cn1nc(-c2ccc(CCN3C4CCC3COC4)cc2)nc1-c1cccc(Cl)c1. The van der Waals surface area contributed by atoms with Crippen LogP contribution in [0.1, 0.15) is 38.7 Å². The second-order valence-corrected chi connectivity index (χ2v) is 10.6. The Morgan fingerprint density at radius 1 is 1.09 bits per heavy atom. The van der Waals surface area contributed by atoms with Gasteiger partial charge in [0.25, 0.3) is 0 Å². The van der Waals surface area contributed by atoms with Crippen molar-refractivity contribution in [3.8, 4) is 22.8 Å². The Morgan fingerprint density at radius 3 is 2.51 bits per heavy atom. The van der Waals surface area contributed by atoms with Gasteiger partial charge in [-0.1, -0.05) is 61.8 Å². The average Bonchev–Trinajstić information content (AvgIpc) is 3.33. The number of fused-ring (bicyclic) bond motifs is 2. The molecule has 2 aliphatic rings. The third kappa shape index (κ3) is 5.66. The Hall–Kier alpha value is -2.54. The van der Waals surface area contributed by atoms with Gasteiger partial charge in [-0.3, -0.25) is 9.69 Å². The Bertz CT molecular complexity index is 1160. The van der Waals surface area contributed by atoms with E-state index in [1.54, 1.807) is 4.68 Å². The van der Waals surface area contributed by atoms with Crippen molar-refractivity contribution in [2.75, 3.05) is 19.8 Å². The largest absolute Gasteiger partial charge is 0.378 e. The van der Waals surface area contributed by atoms with Crippen molar-refractivity contribution >= 4 is 17.4 Å². The fourth-order valence-corrected chi connectivity index (χ4v) is 5.45. The van der Waals surface area contributed by atoms with Crippen molar-refractivity contribution < 1.29 is 9.53 Å². The second kappa shape index (κ2) is 10.6. The molecule has 0 saturated carbocycles. The number of benzene rings is 2. The normalized spacial score (nSPS) is 20.0. The number of halogens is 1. The van der Waals surface area contributed by atoms with Gasteiger partial charge in [0.15, 0.2) is 17.4 Å². The predicted molar refractivity (Wildman–Crippen MR) is 138 cm³/mol. The molecule has 2 aliphatic heterocycles. The van der Waals surface area contributed by atoms with Gasteiger partial charge in [0.05, 0.1) is 13.2 Å². The number of ether oxygens (including phenoxy) is 1. The Balaban J connectivity index is 1.34. The maximum Gasteiger partial charge on any atom is 0.181 e. The highest BCUT2D eigenvalue weighted by atomic mass is 35.5. The molecule has 184 valence electrons. The van der Waals surface area contributed by atoms with Crippen LogP contribution in [-0.2, 0) is 22.5 Å². The molecule has 0 radical (unpaired) electrons. The van der Waals surface area contributed by atoms with Crippen molar-refractivity contribution in [2.45, 2.75) is 58.2 Å². The van der Waals surface area contributed by atoms with E-state index in [4.69, 9.17) is 26.4 Å². The molecule has 0 amide bonds. The number of aromatic nitrogens is 3. The van der Waals surface area contributed by atoms with Crippen LogP contribution in [0.4, 0.5) is 0 Å². The molecule has 2 saturated heterocycles. The Labute approximate surface area is 212 Å². The van der Waals surface area contributed by atoms with Crippen LogP contribution < -0.4 is 0 Å². The molecular weight excluding hydrogens is 460 g/mol. The monoisotopic (exact) mass is 492 g/mol. The van der Waals surface area contributed by atoms with Crippen molar-refractivity contribution in [1.82, 2.24) is 19.7 Å². The minimum absolute atomic E-state index is 0.146. The number of Topliss-reactive ketones (excluding diaryl/α,β-unsaturated/α-hetero) is 1. The van der Waals surface area contributed by atoms with E-state index in [0.29, 0.717) is 41.1 Å². The first kappa shape index (κ1) is 24.2. The Morgan fingerprint density at radius 2 is 1.83 bits per heavy atom. The summed E-state index contributed by atoms with van der Waals surface area (Å²) in [5.74, 6) is 1.73. The standard InChI is InChI=1S/C28H33ClN4O2/c1-19(2)14-26(34)16-33-28(22-4-3-5-23(29)15-22)30-27(31-33)21-8-6-20(7-9-21)12-13-32-24-10-11-25(32)18-35-17-24/h3-9,15,19,24-25H,10-14,16-18H2,1-2H3. The fraction of sp³-hybridized carbons (Fsp3) is 0.464. The highest BCUT2D eigenvalue weighted by Crippen LogP contribution is 2.29. The smallest absolute Gasteiger partial charge is 0.181 e. The highest BCUT2D eigenvalue weighted by Gasteiger charge is 2.36. The predicted octanol–water partition coefficient (Wildman–Crippen LogP) is 5.29. The summed E-state index contributed by atoms with van der Waals surface area (Å²) in [5, 5.41) is 5.36. The molecule has 3 heterocycles. The maximum absolute atomic E-state index is 12.6. The van der Waals surface area contributed by atoms with E-state index >= 15 is 0 Å². The number of ketones is 1. The maximum atomic E-state index is 12.6. The van der Waals surface area contributed by atoms with Gasteiger partial charge in [-0.25, -0.2) is 9.67 Å². The molecular formula is C28H33ClN4O2. The van der Waals surface area contributed by atoms with Crippen LogP contribution in [0.2, 0.25) is 5.02 Å². The molecule has 0 aliphatic carbocycles. The lowest BCUT2D eigenvalue weighted by Crippen LogP contribution is -2.46. The summed E-state index contributed by atoms with van der Waals surface area (Å²) < 4.78 is 7.43. The van der Waals surface area contributed by atoms with Gasteiger partial charge in [0, 0.05) is 41.2 Å². The van der Waals surface area contributed by atoms with E-state index in [-0.39, 0.29) is 12.3 Å². The number of nitrogens with zero attached hydrogens (tertiary/aromatic N) is 4. The third-order valence-corrected chi connectivity index (χ3v) is 7.21. The van der Waals surface area contributed by atoms with Gasteiger partial charge < -0.3 is 4.74 Å². The first-order valence-corrected chi connectivity index (χ1v) is 13.0. The number of carbonyl (C=O) groups is 1. The summed E-state index contributed by atoms with van der Waals surface area (Å²) in [4.78, 5) is 20.0. The molecule has 0 spiro atoms. The zero-order chi connectivity index (χ0) is 24.4. The summed E-state index contributed by atoms with van der Waals surface area (Å²) in [6.07, 6.45) is 4.05. The van der Waals surface area contributed by atoms with Crippen LogP contribution in [0.5, 0.6) is 0 Å². The number of hydrogen-bond acceptors (Lipinski definition) is 5. The first-order valence-electron chi connectivity index (χ1n) is 12.6. The summed E-state index contributed by atoms with van der Waals surface area (Å²) in [7, 11) is 0. The lowest BCUT2D eigenvalue weighted by molar-refractivity contribution is -0.120. The average molecular weight is 493 g/mol. The molecule has 1 aromatic heterocycles. The number of rotatable bonds is 9. The molecule has 2 fully saturated rings.